The maximum Gasteiger partial charge on any atom is 0.311 e. The molecule has 0 radical (unpaired) electrons. The number of carbonyl (C=O) groups excluding carboxylic acids is 1. The molecule has 0 N–H and O–H groups in total. The smallest absolute Gasteiger partial charge is 0.311 e. The van der Waals surface area contributed by atoms with Gasteiger partial charge in [0.25, 0.3) is 0 Å². The third-order valence-electron chi connectivity index (χ3n) is 5.70. The van der Waals surface area contributed by atoms with Gasteiger partial charge in [-0.05, 0) is 72.4 Å². The van der Waals surface area contributed by atoms with Gasteiger partial charge in [-0.2, -0.15) is 0 Å². The maximum atomic E-state index is 11.8. The number of hydrogen-bond acceptors (Lipinski definition) is 2. The van der Waals surface area contributed by atoms with Crippen LogP contribution in [0.3, 0.4) is 0 Å². The highest BCUT2D eigenvalue weighted by Gasteiger charge is 2.21. The van der Waals surface area contributed by atoms with Gasteiger partial charge in [-0.1, -0.05) is 51.0 Å². The van der Waals surface area contributed by atoms with Gasteiger partial charge in [0, 0.05) is 6.42 Å². The minimum atomic E-state index is -0.134. The number of esters is 1. The number of fused-ring (bicyclic) bond motifs is 1. The Bertz CT molecular complexity index is 711. The highest BCUT2D eigenvalue weighted by molar-refractivity contribution is 5.85. The molecule has 0 spiro atoms. The van der Waals surface area contributed by atoms with E-state index in [2.05, 4.69) is 38.1 Å². The second kappa shape index (κ2) is 8.51. The van der Waals surface area contributed by atoms with E-state index >= 15 is 0 Å². The van der Waals surface area contributed by atoms with Gasteiger partial charge < -0.3 is 4.74 Å². The Morgan fingerprint density at radius 2 is 1.72 bits per heavy atom. The van der Waals surface area contributed by atoms with Gasteiger partial charge >= 0.3 is 5.97 Å². The topological polar surface area (TPSA) is 26.3 Å². The van der Waals surface area contributed by atoms with Crippen molar-refractivity contribution >= 4 is 16.7 Å². The molecule has 1 saturated carbocycles. The van der Waals surface area contributed by atoms with Crippen LogP contribution < -0.4 is 4.74 Å². The summed E-state index contributed by atoms with van der Waals surface area (Å²) in [5, 5.41) is 2.38. The van der Waals surface area contributed by atoms with Crippen molar-refractivity contribution in [2.45, 2.75) is 71.1 Å². The Morgan fingerprint density at radius 1 is 1.00 bits per heavy atom. The molecule has 1 aliphatic carbocycles. The van der Waals surface area contributed by atoms with Gasteiger partial charge in [0.1, 0.15) is 5.75 Å². The second-order valence-electron chi connectivity index (χ2n) is 7.47. The van der Waals surface area contributed by atoms with E-state index in [0.717, 1.165) is 24.1 Å². The zero-order valence-corrected chi connectivity index (χ0v) is 15.6. The third kappa shape index (κ3) is 4.62. The average molecular weight is 338 g/mol. The van der Waals surface area contributed by atoms with Gasteiger partial charge in [0.15, 0.2) is 0 Å². The van der Waals surface area contributed by atoms with Gasteiger partial charge in [-0.15, -0.1) is 0 Å². The van der Waals surface area contributed by atoms with Crippen molar-refractivity contribution in [1.82, 2.24) is 0 Å². The third-order valence-corrected chi connectivity index (χ3v) is 5.70. The van der Waals surface area contributed by atoms with E-state index in [9.17, 15) is 4.79 Å². The van der Waals surface area contributed by atoms with Gasteiger partial charge in [-0.25, -0.2) is 0 Å². The molecule has 1 fully saturated rings. The molecule has 0 amide bonds. The standard InChI is InChI=1S/C23H30O2/c1-3-5-6-23(24)25-22-14-13-20-15-19(11-12-21(20)16-22)18-9-7-17(4-2)8-10-18/h11-18H,3-10H2,1-2H3/t17-,18-. The van der Waals surface area contributed by atoms with Crippen molar-refractivity contribution in [3.05, 3.63) is 42.0 Å². The predicted molar refractivity (Wildman–Crippen MR) is 104 cm³/mol. The van der Waals surface area contributed by atoms with Crippen molar-refractivity contribution in [2.24, 2.45) is 5.92 Å². The molecule has 0 bridgehead atoms. The number of carbonyl (C=O) groups is 1. The van der Waals surface area contributed by atoms with Crippen molar-refractivity contribution < 1.29 is 9.53 Å². The van der Waals surface area contributed by atoms with Crippen LogP contribution in [0.15, 0.2) is 36.4 Å². The minimum absolute atomic E-state index is 0.134. The molecular formula is C23H30O2. The summed E-state index contributed by atoms with van der Waals surface area (Å²) in [7, 11) is 0. The lowest BCUT2D eigenvalue weighted by Gasteiger charge is -2.28. The molecule has 1 aliphatic rings. The first-order valence-corrected chi connectivity index (χ1v) is 9.94. The highest BCUT2D eigenvalue weighted by atomic mass is 16.5. The average Bonchev–Trinajstić information content (AvgIpc) is 2.66. The summed E-state index contributed by atoms with van der Waals surface area (Å²) in [6, 6.07) is 12.8. The van der Waals surface area contributed by atoms with Crippen LogP contribution in [-0.4, -0.2) is 5.97 Å². The molecule has 25 heavy (non-hydrogen) atoms. The molecule has 0 aliphatic heterocycles. The summed E-state index contributed by atoms with van der Waals surface area (Å²) < 4.78 is 5.46. The van der Waals surface area contributed by atoms with Gasteiger partial charge in [0.2, 0.25) is 0 Å². The Balaban J connectivity index is 1.69. The summed E-state index contributed by atoms with van der Waals surface area (Å²) in [4.78, 5) is 11.8. The lowest BCUT2D eigenvalue weighted by molar-refractivity contribution is -0.134. The highest BCUT2D eigenvalue weighted by Crippen LogP contribution is 2.38. The quantitative estimate of drug-likeness (QED) is 0.437. The van der Waals surface area contributed by atoms with Crippen LogP contribution in [0.25, 0.3) is 10.8 Å². The molecule has 0 atom stereocenters. The molecule has 0 saturated heterocycles. The fourth-order valence-electron chi connectivity index (χ4n) is 3.97. The summed E-state index contributed by atoms with van der Waals surface area (Å²) in [5.74, 6) is 2.16. The van der Waals surface area contributed by atoms with E-state index in [0.29, 0.717) is 18.1 Å². The Morgan fingerprint density at radius 3 is 2.44 bits per heavy atom. The van der Waals surface area contributed by atoms with Crippen molar-refractivity contribution in [1.29, 1.82) is 0 Å². The zero-order valence-electron chi connectivity index (χ0n) is 15.6. The van der Waals surface area contributed by atoms with Crippen LogP contribution in [0.2, 0.25) is 0 Å². The first-order chi connectivity index (χ1) is 12.2. The molecule has 134 valence electrons. The Labute approximate surface area is 151 Å². The molecule has 0 aromatic heterocycles. The van der Waals surface area contributed by atoms with Crippen molar-refractivity contribution in [2.75, 3.05) is 0 Å². The summed E-state index contributed by atoms with van der Waals surface area (Å²) in [6.45, 7) is 4.39. The number of unbranched alkanes of at least 4 members (excludes halogenated alkanes) is 1. The minimum Gasteiger partial charge on any atom is -0.427 e. The largest absolute Gasteiger partial charge is 0.427 e. The monoisotopic (exact) mass is 338 g/mol. The SMILES string of the molecule is CCCCC(=O)Oc1ccc2cc([C@H]3CC[C@H](CC)CC3)ccc2c1. The van der Waals surface area contributed by atoms with E-state index in [1.165, 1.54) is 43.1 Å². The van der Waals surface area contributed by atoms with Crippen molar-refractivity contribution in [3.63, 3.8) is 0 Å². The van der Waals surface area contributed by atoms with E-state index in [-0.39, 0.29) is 5.97 Å². The normalized spacial score (nSPS) is 20.6. The van der Waals surface area contributed by atoms with Crippen LogP contribution in [0.4, 0.5) is 0 Å². The molecular weight excluding hydrogens is 308 g/mol. The van der Waals surface area contributed by atoms with E-state index < -0.39 is 0 Å². The molecule has 2 nitrogen and oxygen atoms in total. The van der Waals surface area contributed by atoms with Gasteiger partial charge in [-0.3, -0.25) is 4.79 Å². The van der Waals surface area contributed by atoms with Crippen molar-refractivity contribution in [3.8, 4) is 5.75 Å². The maximum absolute atomic E-state index is 11.8. The number of benzene rings is 2. The van der Waals surface area contributed by atoms with E-state index in [4.69, 9.17) is 4.74 Å². The van der Waals surface area contributed by atoms with Crippen LogP contribution >= 0.6 is 0 Å². The molecule has 2 aromatic rings. The summed E-state index contributed by atoms with van der Waals surface area (Å²) in [6.07, 6.45) is 9.08. The van der Waals surface area contributed by atoms with Crippen LogP contribution in [-0.2, 0) is 4.79 Å². The van der Waals surface area contributed by atoms with Crippen LogP contribution in [0.1, 0.15) is 76.7 Å². The first-order valence-electron chi connectivity index (χ1n) is 9.94. The molecule has 3 rings (SSSR count). The fourth-order valence-corrected chi connectivity index (χ4v) is 3.97. The van der Waals surface area contributed by atoms with E-state index in [1.54, 1.807) is 0 Å². The zero-order chi connectivity index (χ0) is 17.6. The summed E-state index contributed by atoms with van der Waals surface area (Å²) >= 11 is 0. The molecule has 2 heteroatoms. The Kier molecular flexibility index (Phi) is 6.12. The summed E-state index contributed by atoms with van der Waals surface area (Å²) in [5.41, 5.74) is 1.47. The number of ether oxygens (including phenoxy) is 1. The van der Waals surface area contributed by atoms with Gasteiger partial charge in [0.05, 0.1) is 0 Å². The predicted octanol–water partition coefficient (Wildman–Crippen LogP) is 6.62. The fraction of sp³-hybridized carbons (Fsp3) is 0.522. The lowest BCUT2D eigenvalue weighted by atomic mass is 9.77. The molecule has 0 unspecified atom stereocenters. The van der Waals surface area contributed by atoms with Crippen LogP contribution in [0.5, 0.6) is 5.75 Å². The molecule has 2 aromatic carbocycles. The second-order valence-corrected chi connectivity index (χ2v) is 7.47. The molecule has 0 heterocycles. The Hall–Kier alpha value is -1.83. The van der Waals surface area contributed by atoms with Crippen LogP contribution in [0, 0.1) is 5.92 Å². The van der Waals surface area contributed by atoms with E-state index in [1.807, 2.05) is 12.1 Å². The first kappa shape index (κ1) is 18.0. The number of rotatable bonds is 6. The number of hydrogen-bond donors (Lipinski definition) is 0. The lowest BCUT2D eigenvalue weighted by Crippen LogP contribution is -2.12.